The third-order valence-corrected chi connectivity index (χ3v) is 2.41. The topological polar surface area (TPSA) is 77.8 Å². The maximum absolute atomic E-state index is 10.9. The van der Waals surface area contributed by atoms with E-state index < -0.39 is 18.1 Å². The Labute approximate surface area is 87.3 Å². The van der Waals surface area contributed by atoms with Crippen molar-refractivity contribution in [1.29, 1.82) is 0 Å². The Bertz CT molecular complexity index is 321. The highest BCUT2D eigenvalue weighted by Gasteiger charge is 2.29. The lowest BCUT2D eigenvalue weighted by atomic mass is 10.1. The molecule has 1 rings (SSSR count). The molecular weight excluding hydrogens is 198 g/mol. The number of amides is 1. The van der Waals surface area contributed by atoms with Gasteiger partial charge in [-0.1, -0.05) is 24.3 Å². The van der Waals surface area contributed by atoms with E-state index in [4.69, 9.17) is 10.2 Å². The van der Waals surface area contributed by atoms with Gasteiger partial charge >= 0.3 is 12.1 Å². The van der Waals surface area contributed by atoms with E-state index in [9.17, 15) is 9.59 Å². The fourth-order valence-electron chi connectivity index (χ4n) is 1.55. The first-order valence-corrected chi connectivity index (χ1v) is 4.60. The second kappa shape index (κ2) is 4.63. The summed E-state index contributed by atoms with van der Waals surface area (Å²) >= 11 is 0. The lowest BCUT2D eigenvalue weighted by Gasteiger charge is -2.23. The van der Waals surface area contributed by atoms with Crippen LogP contribution in [0, 0.1) is 0 Å². The predicted molar refractivity (Wildman–Crippen MR) is 53.7 cm³/mol. The van der Waals surface area contributed by atoms with E-state index in [0.717, 1.165) is 10.5 Å². The number of carboxylic acid groups (broad SMARTS) is 2. The lowest BCUT2D eigenvalue weighted by molar-refractivity contribution is -0.142. The molecule has 1 heterocycles. The Kier molecular flexibility index (Phi) is 3.49. The summed E-state index contributed by atoms with van der Waals surface area (Å²) in [6.45, 7) is 3.78. The lowest BCUT2D eigenvalue weighted by Crippen LogP contribution is -2.44. The van der Waals surface area contributed by atoms with Gasteiger partial charge in [-0.25, -0.2) is 9.59 Å². The number of hydrogen-bond acceptors (Lipinski definition) is 2. The van der Waals surface area contributed by atoms with Crippen LogP contribution in [0.15, 0.2) is 24.3 Å². The van der Waals surface area contributed by atoms with Crippen LogP contribution in [-0.4, -0.2) is 39.8 Å². The van der Waals surface area contributed by atoms with Crippen LogP contribution < -0.4 is 0 Å². The van der Waals surface area contributed by atoms with Crippen LogP contribution in [0.25, 0.3) is 0 Å². The first-order chi connectivity index (χ1) is 7.06. The highest BCUT2D eigenvalue weighted by Crippen LogP contribution is 2.17. The SMILES string of the molecule is C=CC1=CC[C@@H](C(=O)O)N(C(=O)O)CC1. The van der Waals surface area contributed by atoms with Crippen molar-refractivity contribution in [2.75, 3.05) is 6.54 Å². The molecule has 1 aliphatic heterocycles. The normalized spacial score (nSPS) is 21.5. The summed E-state index contributed by atoms with van der Waals surface area (Å²) in [7, 11) is 0. The molecule has 0 bridgehead atoms. The fraction of sp³-hybridized carbons (Fsp3) is 0.400. The molecule has 0 saturated heterocycles. The first kappa shape index (κ1) is 11.3. The quantitative estimate of drug-likeness (QED) is 0.722. The molecule has 82 valence electrons. The molecule has 2 N–H and O–H groups in total. The zero-order chi connectivity index (χ0) is 11.4. The van der Waals surface area contributed by atoms with Crippen LogP contribution in [0.5, 0.6) is 0 Å². The monoisotopic (exact) mass is 211 g/mol. The van der Waals surface area contributed by atoms with Crippen LogP contribution in [0.3, 0.4) is 0 Å². The molecule has 1 aliphatic rings. The molecule has 0 unspecified atom stereocenters. The van der Waals surface area contributed by atoms with Gasteiger partial charge in [0.2, 0.25) is 0 Å². The molecule has 0 spiro atoms. The molecule has 0 aromatic heterocycles. The third-order valence-electron chi connectivity index (χ3n) is 2.41. The Morgan fingerprint density at radius 3 is 2.67 bits per heavy atom. The number of aliphatic carboxylic acids is 1. The van der Waals surface area contributed by atoms with Gasteiger partial charge in [0.15, 0.2) is 0 Å². The van der Waals surface area contributed by atoms with E-state index in [1.54, 1.807) is 12.2 Å². The average molecular weight is 211 g/mol. The van der Waals surface area contributed by atoms with E-state index >= 15 is 0 Å². The molecule has 0 aliphatic carbocycles. The summed E-state index contributed by atoms with van der Waals surface area (Å²) in [5, 5.41) is 17.7. The summed E-state index contributed by atoms with van der Waals surface area (Å²) in [6.07, 6.45) is 2.88. The molecular formula is C10H13NO4. The molecule has 1 amide bonds. The number of hydrogen-bond donors (Lipinski definition) is 2. The molecule has 0 fully saturated rings. The molecule has 5 heteroatoms. The Morgan fingerprint density at radius 1 is 1.53 bits per heavy atom. The van der Waals surface area contributed by atoms with Gasteiger partial charge in [0.1, 0.15) is 6.04 Å². The summed E-state index contributed by atoms with van der Waals surface area (Å²) in [4.78, 5) is 22.6. The van der Waals surface area contributed by atoms with E-state index in [2.05, 4.69) is 6.58 Å². The fourth-order valence-corrected chi connectivity index (χ4v) is 1.55. The summed E-state index contributed by atoms with van der Waals surface area (Å²) in [5.41, 5.74) is 0.894. The van der Waals surface area contributed by atoms with Crippen molar-refractivity contribution in [3.05, 3.63) is 24.3 Å². The van der Waals surface area contributed by atoms with Gasteiger partial charge in [0.25, 0.3) is 0 Å². The van der Waals surface area contributed by atoms with Crippen LogP contribution in [0.2, 0.25) is 0 Å². The van der Waals surface area contributed by atoms with Crippen molar-refractivity contribution < 1.29 is 19.8 Å². The van der Waals surface area contributed by atoms with Gasteiger partial charge in [-0.15, -0.1) is 0 Å². The molecule has 5 nitrogen and oxygen atoms in total. The maximum Gasteiger partial charge on any atom is 0.408 e. The number of carboxylic acids is 1. The van der Waals surface area contributed by atoms with Gasteiger partial charge in [-0.2, -0.15) is 0 Å². The Hall–Kier alpha value is -1.78. The van der Waals surface area contributed by atoms with E-state index in [1.807, 2.05) is 0 Å². The van der Waals surface area contributed by atoms with Crippen LogP contribution in [-0.2, 0) is 4.79 Å². The number of allylic oxidation sites excluding steroid dienone is 1. The highest BCUT2D eigenvalue weighted by atomic mass is 16.4. The Morgan fingerprint density at radius 2 is 2.20 bits per heavy atom. The Balaban J connectivity index is 2.87. The zero-order valence-electron chi connectivity index (χ0n) is 8.22. The molecule has 0 aromatic carbocycles. The van der Waals surface area contributed by atoms with Crippen LogP contribution in [0.4, 0.5) is 4.79 Å². The summed E-state index contributed by atoms with van der Waals surface area (Å²) in [5.74, 6) is -1.11. The standard InChI is InChI=1S/C10H13NO4/c1-2-7-3-4-8(9(12)13)11(6-5-7)10(14)15/h2-3,8H,1,4-6H2,(H,12,13)(H,14,15)/t8-/m0/s1. The largest absolute Gasteiger partial charge is 0.480 e. The minimum Gasteiger partial charge on any atom is -0.480 e. The van der Waals surface area contributed by atoms with E-state index in [1.165, 1.54) is 0 Å². The second-order valence-electron chi connectivity index (χ2n) is 3.30. The minimum atomic E-state index is -1.19. The maximum atomic E-state index is 10.9. The van der Waals surface area contributed by atoms with E-state index in [0.29, 0.717) is 6.42 Å². The van der Waals surface area contributed by atoms with Gasteiger partial charge in [-0.3, -0.25) is 4.90 Å². The van der Waals surface area contributed by atoms with Crippen molar-refractivity contribution in [1.82, 2.24) is 4.90 Å². The molecule has 15 heavy (non-hydrogen) atoms. The van der Waals surface area contributed by atoms with Gasteiger partial charge in [-0.05, 0) is 12.8 Å². The molecule has 1 atom stereocenters. The van der Waals surface area contributed by atoms with Gasteiger partial charge in [0, 0.05) is 6.54 Å². The average Bonchev–Trinajstić information content (AvgIpc) is 2.38. The number of nitrogens with zero attached hydrogens (tertiary/aromatic N) is 1. The minimum absolute atomic E-state index is 0.197. The van der Waals surface area contributed by atoms with Crippen molar-refractivity contribution >= 4 is 12.1 Å². The van der Waals surface area contributed by atoms with Crippen molar-refractivity contribution in [3.8, 4) is 0 Å². The molecule has 0 saturated carbocycles. The van der Waals surface area contributed by atoms with Crippen LogP contribution in [0.1, 0.15) is 12.8 Å². The predicted octanol–water partition coefficient (Wildman–Crippen LogP) is 1.33. The molecule has 0 aromatic rings. The molecule has 0 radical (unpaired) electrons. The smallest absolute Gasteiger partial charge is 0.408 e. The van der Waals surface area contributed by atoms with E-state index in [-0.39, 0.29) is 13.0 Å². The summed E-state index contributed by atoms with van der Waals surface area (Å²) in [6, 6.07) is -0.986. The van der Waals surface area contributed by atoms with Crippen molar-refractivity contribution in [3.63, 3.8) is 0 Å². The van der Waals surface area contributed by atoms with Gasteiger partial charge in [0.05, 0.1) is 0 Å². The zero-order valence-corrected chi connectivity index (χ0v) is 8.22. The van der Waals surface area contributed by atoms with Gasteiger partial charge < -0.3 is 10.2 Å². The first-order valence-electron chi connectivity index (χ1n) is 4.60. The van der Waals surface area contributed by atoms with Crippen molar-refractivity contribution in [2.24, 2.45) is 0 Å². The third kappa shape index (κ3) is 2.59. The second-order valence-corrected chi connectivity index (χ2v) is 3.30. The van der Waals surface area contributed by atoms with Crippen LogP contribution >= 0.6 is 0 Å². The number of rotatable bonds is 2. The number of carbonyl (C=O) groups is 2. The highest BCUT2D eigenvalue weighted by molar-refractivity contribution is 5.79. The van der Waals surface area contributed by atoms with Crippen molar-refractivity contribution in [2.45, 2.75) is 18.9 Å². The summed E-state index contributed by atoms with van der Waals surface area (Å²) < 4.78 is 0.